The molecule has 0 aromatic carbocycles. The van der Waals surface area contributed by atoms with E-state index in [0.717, 1.165) is 0 Å². The third-order valence-electron chi connectivity index (χ3n) is 0.243. The Morgan fingerprint density at radius 2 is 1.38 bits per heavy atom. The summed E-state index contributed by atoms with van der Waals surface area (Å²) in [4.78, 5) is 0. The molecule has 0 heterocycles. The van der Waals surface area contributed by atoms with E-state index in [4.69, 9.17) is 3.32 Å². The summed E-state index contributed by atoms with van der Waals surface area (Å²) in [7, 11) is 0. The molecule has 0 bridgehead atoms. The molecule has 0 rings (SSSR count). The van der Waals surface area contributed by atoms with Crippen molar-refractivity contribution in [1.82, 2.24) is 0 Å². The molecule has 0 radical (unpaired) electrons. The second kappa shape index (κ2) is 1.83. The Morgan fingerprint density at radius 1 is 1.12 bits per heavy atom. The molecule has 0 aliphatic carbocycles. The van der Waals surface area contributed by atoms with Gasteiger partial charge in [-0.25, -0.2) is 0 Å². The van der Waals surface area contributed by atoms with Crippen molar-refractivity contribution >= 4 is 0 Å². The molecule has 0 aliphatic heterocycles. The Kier molecular flexibility index (Phi) is 1.87. The van der Waals surface area contributed by atoms with Gasteiger partial charge in [-0.3, -0.25) is 0 Å². The molecule has 0 aromatic rings. The maximum atomic E-state index is 11.0. The van der Waals surface area contributed by atoms with Gasteiger partial charge in [-0.2, -0.15) is 0 Å². The van der Waals surface area contributed by atoms with Gasteiger partial charge in [-0.15, -0.1) is 0 Å². The van der Waals surface area contributed by atoms with Crippen LogP contribution in [0, 0.1) is 0 Å². The molecule has 0 N–H and O–H groups in total. The van der Waals surface area contributed by atoms with E-state index in [0.29, 0.717) is 0 Å². The zero-order valence-electron chi connectivity index (χ0n) is 3.24. The summed E-state index contributed by atoms with van der Waals surface area (Å²) in [6.07, 6.45) is 0. The van der Waals surface area contributed by atoms with Gasteiger partial charge in [0, 0.05) is 0 Å². The predicted molar refractivity (Wildman–Crippen MR) is 7.29 cm³/mol. The van der Waals surface area contributed by atoms with Crippen molar-refractivity contribution in [3.63, 3.8) is 0 Å². The van der Waals surface area contributed by atoms with Gasteiger partial charge in [0.1, 0.15) is 0 Å². The first-order chi connectivity index (χ1) is 3.39. The normalized spacial score (nSPS) is 14.1. The zero-order chi connectivity index (χ0) is 6.86. The van der Waals surface area contributed by atoms with E-state index in [2.05, 4.69) is 0 Å². The van der Waals surface area contributed by atoms with Crippen LogP contribution in [-0.2, 0) is 27.5 Å². The van der Waals surface area contributed by atoms with Crippen LogP contribution in [0.4, 0.5) is 15.2 Å². The molecule has 50 valence electrons. The van der Waals surface area contributed by atoms with Crippen LogP contribution in [0.1, 0.15) is 0 Å². The van der Waals surface area contributed by atoms with E-state index < -0.39 is 17.1 Å². The molecule has 0 aliphatic rings. The van der Waals surface area contributed by atoms with Crippen LogP contribution >= 0.6 is 0 Å². The summed E-state index contributed by atoms with van der Waals surface area (Å²) in [5.41, 5.74) is 0. The van der Waals surface area contributed by atoms with E-state index in [-0.39, 0.29) is 0 Å². The summed E-state index contributed by atoms with van der Waals surface area (Å²) in [6.45, 7) is 0. The molecule has 0 saturated heterocycles. The van der Waals surface area contributed by atoms with Gasteiger partial charge in [0.15, 0.2) is 0 Å². The van der Waals surface area contributed by atoms with E-state index in [1.165, 1.54) is 7.05 Å². The van der Waals surface area contributed by atoms with Gasteiger partial charge >= 0.3 is 42.7 Å². The first kappa shape index (κ1) is 8.15. The average molecular weight is 172 g/mol. The summed E-state index contributed by atoms with van der Waals surface area (Å²) >= 11 is -8.29. The van der Waals surface area contributed by atoms with Crippen LogP contribution in [0.25, 0.3) is 0 Å². The number of halogens is 4. The molecule has 8 heavy (non-hydrogen) atoms. The topological polar surface area (TPSA) is 35.5 Å². The van der Waals surface area contributed by atoms with Gasteiger partial charge in [0.25, 0.3) is 0 Å². The van der Waals surface area contributed by atoms with Crippen molar-refractivity contribution in [1.29, 1.82) is 0 Å². The molecular weight excluding hydrogens is 172 g/mol. The van der Waals surface area contributed by atoms with E-state index in [1.807, 2.05) is 0 Å². The standard InChI is InChI=1S/2FO.2FH.O.Ti/c2*1-2;;;;/h;;2*1H;;/q2*-1;;;;+4/p-2. The van der Waals surface area contributed by atoms with Crippen LogP contribution in [-0.4, -0.2) is 0 Å². The van der Waals surface area contributed by atoms with E-state index in [1.54, 1.807) is 0 Å². The third kappa shape index (κ3) is 2.46. The predicted octanol–water partition coefficient (Wildman–Crippen LogP) is 1.42. The summed E-state index contributed by atoms with van der Waals surface area (Å²) in [6, 6.07) is 0. The minimum atomic E-state index is -8.29. The summed E-state index contributed by atoms with van der Waals surface area (Å²) in [5.74, 6) is 0. The number of hydrogen-bond donors (Lipinski definition) is 0. The van der Waals surface area contributed by atoms with Gasteiger partial charge in [-0.05, 0) is 0 Å². The summed E-state index contributed by atoms with van der Waals surface area (Å²) < 4.78 is 54.7. The van der Waals surface area contributed by atoms with Crippen LogP contribution in [0.2, 0.25) is 0 Å². The Morgan fingerprint density at radius 3 is 1.38 bits per heavy atom. The van der Waals surface area contributed by atoms with Crippen LogP contribution in [0.5, 0.6) is 0 Å². The zero-order valence-corrected chi connectivity index (χ0v) is 4.80. The quantitative estimate of drug-likeness (QED) is 0.466. The molecule has 0 saturated carbocycles. The van der Waals surface area contributed by atoms with Gasteiger partial charge < -0.3 is 0 Å². The molecule has 0 amide bonds. The number of rotatable bonds is 2. The monoisotopic (exact) mass is 172 g/mol. The van der Waals surface area contributed by atoms with Crippen molar-refractivity contribution in [2.75, 3.05) is 0 Å². The Hall–Kier alpha value is 0.154. The number of hydrogen-bond acceptors (Lipinski definition) is 3. The minimum absolute atomic E-state index is 1.48. The molecule has 0 spiro atoms. The molecule has 0 atom stereocenters. The van der Waals surface area contributed by atoms with Gasteiger partial charge in [-0.1, -0.05) is 0 Å². The van der Waals surface area contributed by atoms with Crippen LogP contribution in [0.3, 0.4) is 0 Å². The van der Waals surface area contributed by atoms with Gasteiger partial charge in [0.05, 0.1) is 0 Å². The van der Waals surface area contributed by atoms with Gasteiger partial charge in [0.2, 0.25) is 0 Å². The van der Waals surface area contributed by atoms with Crippen molar-refractivity contribution < 1.29 is 42.7 Å². The Labute approximate surface area is 43.5 Å². The maximum absolute atomic E-state index is 11.0. The van der Waals surface area contributed by atoms with Crippen molar-refractivity contribution in [3.8, 4) is 0 Å². The molecule has 0 aromatic heterocycles. The Balaban J connectivity index is 4.25. The van der Waals surface area contributed by atoms with E-state index in [9.17, 15) is 15.2 Å². The fourth-order valence-corrected chi connectivity index (χ4v) is 0.0491. The second-order valence-electron chi connectivity index (χ2n) is 0.939. The SMILES string of the molecule is [O]=[Ti]([F])([F])([O]F)[O]F. The molecule has 0 unspecified atom stereocenters. The first-order valence-electron chi connectivity index (χ1n) is 1.30. The van der Waals surface area contributed by atoms with E-state index >= 15 is 0 Å². The second-order valence-corrected chi connectivity index (χ2v) is 3.87. The van der Waals surface area contributed by atoms with Crippen molar-refractivity contribution in [2.24, 2.45) is 0 Å². The molecular formula is F4O3Ti. The third-order valence-corrected chi connectivity index (χ3v) is 1.00. The fourth-order valence-electron chi connectivity index (χ4n) is 0.0119. The van der Waals surface area contributed by atoms with Crippen molar-refractivity contribution in [2.45, 2.75) is 0 Å². The van der Waals surface area contributed by atoms with Crippen LogP contribution in [0.15, 0.2) is 0 Å². The fraction of sp³-hybridized carbons (Fsp3) is 0. The van der Waals surface area contributed by atoms with Crippen molar-refractivity contribution in [3.05, 3.63) is 0 Å². The molecule has 8 heteroatoms. The molecule has 0 fully saturated rings. The molecule has 3 nitrogen and oxygen atoms in total. The summed E-state index contributed by atoms with van der Waals surface area (Å²) in [5, 5.41) is 0. The average Bonchev–Trinajstić information content (AvgIpc) is 1.68. The van der Waals surface area contributed by atoms with Crippen LogP contribution < -0.4 is 0 Å². The Bertz CT molecular complexity index is 124. The first-order valence-corrected chi connectivity index (χ1v) is 4.39.